The fourth-order valence-electron chi connectivity index (χ4n) is 0. The van der Waals surface area contributed by atoms with E-state index >= 15 is 0 Å². The van der Waals surface area contributed by atoms with Gasteiger partial charge in [-0.2, -0.15) is 0 Å². The van der Waals surface area contributed by atoms with Crippen LogP contribution in [0, 0.1) is 0 Å². The van der Waals surface area contributed by atoms with Crippen molar-refractivity contribution in [3.8, 4) is 0 Å². The summed E-state index contributed by atoms with van der Waals surface area (Å²) < 4.78 is 0. The van der Waals surface area contributed by atoms with E-state index in [-0.39, 0.29) is 29.6 Å². The Morgan fingerprint density at radius 1 is 1.50 bits per heavy atom. The first-order valence-corrected chi connectivity index (χ1v) is 3.45. The van der Waals surface area contributed by atoms with Crippen LogP contribution in [0.2, 0.25) is 6.55 Å². The van der Waals surface area contributed by atoms with Crippen LogP contribution in [-0.2, 0) is 0 Å². The molecule has 0 aliphatic carbocycles. The van der Waals surface area contributed by atoms with Crippen LogP contribution < -0.4 is 34.4 Å². The molecule has 0 aliphatic rings. The normalized spacial score (nSPS) is 10.0. The minimum Gasteiger partial charge on any atom is -0.817 e. The first-order valence-electron chi connectivity index (χ1n) is 1.15. The Morgan fingerprint density at radius 3 is 1.50 bits per heavy atom. The van der Waals surface area contributed by atoms with E-state index in [0.29, 0.717) is 0 Å². The standard InChI is InChI=1S/CH5O3Si.Na/c1-5(2,3)4;/h2-3H,1H3;/q-1;+1. The average molecular weight is 116 g/mol. The molecule has 0 rings (SSSR count). The molecule has 0 bridgehead atoms. The molecule has 5 heteroatoms. The van der Waals surface area contributed by atoms with Crippen molar-refractivity contribution in [2.75, 3.05) is 0 Å². The molecule has 6 heavy (non-hydrogen) atoms. The van der Waals surface area contributed by atoms with Crippen LogP contribution in [0.3, 0.4) is 0 Å². The van der Waals surface area contributed by atoms with Crippen molar-refractivity contribution in [2.24, 2.45) is 0 Å². The van der Waals surface area contributed by atoms with Gasteiger partial charge >= 0.3 is 29.6 Å². The van der Waals surface area contributed by atoms with Gasteiger partial charge in [-0.1, -0.05) is 0 Å². The predicted octanol–water partition coefficient (Wildman–Crippen LogP) is -5.10. The second-order valence-electron chi connectivity index (χ2n) is 0.934. The van der Waals surface area contributed by atoms with Crippen molar-refractivity contribution < 1.29 is 43.9 Å². The molecule has 0 aromatic heterocycles. The van der Waals surface area contributed by atoms with Crippen LogP contribution in [-0.4, -0.2) is 18.4 Å². The van der Waals surface area contributed by atoms with Crippen LogP contribution in [0.25, 0.3) is 0 Å². The largest absolute Gasteiger partial charge is 1.00 e. The summed E-state index contributed by atoms with van der Waals surface area (Å²) in [6.45, 7) is 0.882. The summed E-state index contributed by atoms with van der Waals surface area (Å²) in [6, 6.07) is 0. The van der Waals surface area contributed by atoms with Crippen LogP contribution in [0.1, 0.15) is 0 Å². The number of rotatable bonds is 0. The average Bonchev–Trinajstić information content (AvgIpc) is 0.722. The predicted molar refractivity (Wildman–Crippen MR) is 16.1 cm³/mol. The van der Waals surface area contributed by atoms with Crippen molar-refractivity contribution in [1.82, 2.24) is 0 Å². The molecular weight excluding hydrogens is 111 g/mol. The molecular formula is CH5NaO3Si. The molecule has 0 atom stereocenters. The zero-order valence-electron chi connectivity index (χ0n) is 3.80. The summed E-state index contributed by atoms with van der Waals surface area (Å²) in [6.07, 6.45) is 0. The Bertz CT molecular complexity index is 26.3. The monoisotopic (exact) mass is 116 g/mol. The second-order valence-corrected chi connectivity index (χ2v) is 2.80. The van der Waals surface area contributed by atoms with Crippen molar-refractivity contribution in [3.63, 3.8) is 0 Å². The molecule has 0 unspecified atom stereocenters. The van der Waals surface area contributed by atoms with Crippen molar-refractivity contribution in [2.45, 2.75) is 6.55 Å². The molecule has 0 aromatic rings. The third-order valence-corrected chi connectivity index (χ3v) is 0. The van der Waals surface area contributed by atoms with Gasteiger partial charge in [-0.15, -0.1) is 0 Å². The van der Waals surface area contributed by atoms with Gasteiger partial charge in [-0.05, 0) is 6.55 Å². The van der Waals surface area contributed by atoms with Gasteiger partial charge in [-0.25, -0.2) is 0 Å². The van der Waals surface area contributed by atoms with E-state index < -0.39 is 8.80 Å². The van der Waals surface area contributed by atoms with E-state index in [9.17, 15) is 4.80 Å². The third kappa shape index (κ3) is 71.1. The van der Waals surface area contributed by atoms with Gasteiger partial charge in [0, 0.05) is 0 Å². The maximum Gasteiger partial charge on any atom is 1.00 e. The van der Waals surface area contributed by atoms with E-state index in [2.05, 4.69) is 0 Å². The van der Waals surface area contributed by atoms with E-state index in [1.165, 1.54) is 0 Å². The van der Waals surface area contributed by atoms with Gasteiger partial charge in [0.15, 0.2) is 0 Å². The number of hydrogen-bond donors (Lipinski definition) is 2. The number of hydrogen-bond acceptors (Lipinski definition) is 3. The maximum atomic E-state index is 9.35. The SMILES string of the molecule is C[Si]([O-])(O)O.[Na+]. The minimum atomic E-state index is -3.86. The van der Waals surface area contributed by atoms with Crippen molar-refractivity contribution in [3.05, 3.63) is 0 Å². The summed E-state index contributed by atoms with van der Waals surface area (Å²) in [7, 11) is -3.86. The molecule has 0 saturated heterocycles. The van der Waals surface area contributed by atoms with Crippen LogP contribution in [0.4, 0.5) is 0 Å². The van der Waals surface area contributed by atoms with Gasteiger partial charge in [0.05, 0.1) is 0 Å². The maximum absolute atomic E-state index is 9.35. The topological polar surface area (TPSA) is 63.5 Å². The molecule has 0 heterocycles. The molecule has 0 spiro atoms. The van der Waals surface area contributed by atoms with Gasteiger partial charge in [0.2, 0.25) is 8.80 Å². The zero-order chi connectivity index (χ0) is 4.50. The molecule has 0 fully saturated rings. The first-order chi connectivity index (χ1) is 2.00. The van der Waals surface area contributed by atoms with Gasteiger partial charge in [0.1, 0.15) is 0 Å². The van der Waals surface area contributed by atoms with Gasteiger partial charge < -0.3 is 14.4 Å². The van der Waals surface area contributed by atoms with E-state index in [0.717, 1.165) is 6.55 Å². The third-order valence-electron chi connectivity index (χ3n) is 0. The van der Waals surface area contributed by atoms with Crippen LogP contribution in [0.5, 0.6) is 0 Å². The Labute approximate surface area is 59.3 Å². The Hall–Kier alpha value is 1.10. The Morgan fingerprint density at radius 2 is 1.50 bits per heavy atom. The molecule has 2 N–H and O–H groups in total. The molecule has 0 aliphatic heterocycles. The van der Waals surface area contributed by atoms with Crippen molar-refractivity contribution in [1.29, 1.82) is 0 Å². The van der Waals surface area contributed by atoms with Crippen LogP contribution >= 0.6 is 0 Å². The Balaban J connectivity index is 0. The summed E-state index contributed by atoms with van der Waals surface area (Å²) in [4.78, 5) is 24.7. The summed E-state index contributed by atoms with van der Waals surface area (Å²) in [5.74, 6) is 0. The summed E-state index contributed by atoms with van der Waals surface area (Å²) in [5, 5.41) is 0. The summed E-state index contributed by atoms with van der Waals surface area (Å²) >= 11 is 0. The fourth-order valence-corrected chi connectivity index (χ4v) is 0. The quantitative estimate of drug-likeness (QED) is 0.311. The smallest absolute Gasteiger partial charge is 0.817 e. The molecule has 0 aromatic carbocycles. The van der Waals surface area contributed by atoms with Crippen LogP contribution in [0.15, 0.2) is 0 Å². The van der Waals surface area contributed by atoms with Gasteiger partial charge in [-0.3, -0.25) is 0 Å². The van der Waals surface area contributed by atoms with Crippen molar-refractivity contribution >= 4 is 8.80 Å². The van der Waals surface area contributed by atoms with E-state index in [1.54, 1.807) is 0 Å². The second kappa shape index (κ2) is 3.14. The first kappa shape index (κ1) is 10.2. The van der Waals surface area contributed by atoms with E-state index in [4.69, 9.17) is 9.59 Å². The zero-order valence-corrected chi connectivity index (χ0v) is 6.80. The molecule has 3 nitrogen and oxygen atoms in total. The Kier molecular flexibility index (Phi) is 5.32. The summed E-state index contributed by atoms with van der Waals surface area (Å²) in [5.41, 5.74) is 0. The molecule has 0 saturated carbocycles. The van der Waals surface area contributed by atoms with Gasteiger partial charge in [0.25, 0.3) is 0 Å². The molecule has 32 valence electrons. The fraction of sp³-hybridized carbons (Fsp3) is 1.00. The molecule has 0 radical (unpaired) electrons. The molecule has 0 amide bonds. The minimum absolute atomic E-state index is 0. The van der Waals surface area contributed by atoms with E-state index in [1.807, 2.05) is 0 Å².